The van der Waals surface area contributed by atoms with Crippen molar-refractivity contribution in [3.05, 3.63) is 65.7 Å². The molecule has 1 amide bonds. The maximum Gasteiger partial charge on any atom is 0.279 e. The summed E-state index contributed by atoms with van der Waals surface area (Å²) in [6.07, 6.45) is 5.14. The van der Waals surface area contributed by atoms with Gasteiger partial charge in [0, 0.05) is 30.4 Å². The Morgan fingerprint density at radius 3 is 2.41 bits per heavy atom. The molecular weight excluding hydrogens is 386 g/mol. The summed E-state index contributed by atoms with van der Waals surface area (Å²) in [5.74, 6) is -0.201. The molecule has 2 N–H and O–H groups in total. The Balaban J connectivity index is 1.67. The van der Waals surface area contributed by atoms with Gasteiger partial charge in [-0.1, -0.05) is 49.6 Å². The molecule has 3 rings (SSSR count). The fourth-order valence-electron chi connectivity index (χ4n) is 3.69. The van der Waals surface area contributed by atoms with Crippen LogP contribution in [0, 0.1) is 0 Å². The minimum atomic E-state index is -3.59. The lowest BCUT2D eigenvalue weighted by molar-refractivity contribution is 0.102. The van der Waals surface area contributed by atoms with Crippen molar-refractivity contribution in [1.82, 2.24) is 9.03 Å². The van der Waals surface area contributed by atoms with E-state index in [1.165, 1.54) is 10.7 Å². The fraction of sp³-hybridized carbons (Fsp3) is 0.409. The normalized spacial score (nSPS) is 16.5. The molecule has 1 fully saturated rings. The highest BCUT2D eigenvalue weighted by Gasteiger charge is 2.28. The molecule has 0 spiro atoms. The zero-order chi connectivity index (χ0) is 20.9. The summed E-state index contributed by atoms with van der Waals surface area (Å²) in [7, 11) is -1.94. The van der Waals surface area contributed by atoms with E-state index in [-0.39, 0.29) is 11.9 Å². The van der Waals surface area contributed by atoms with Crippen molar-refractivity contribution < 1.29 is 13.2 Å². The average molecular weight is 416 g/mol. The van der Waals surface area contributed by atoms with E-state index in [1.807, 2.05) is 37.3 Å². The summed E-state index contributed by atoms with van der Waals surface area (Å²) in [5.41, 5.74) is 1.99. The topological polar surface area (TPSA) is 78.5 Å². The number of carbonyl (C=O) groups is 1. The third-order valence-electron chi connectivity index (χ3n) is 5.47. The summed E-state index contributed by atoms with van der Waals surface area (Å²) in [5, 5.41) is 2.86. The number of nitrogens with one attached hydrogen (secondary N) is 2. The lowest BCUT2D eigenvalue weighted by Gasteiger charge is -2.31. The number of carbonyl (C=O) groups excluding carboxylic acids is 1. The first-order chi connectivity index (χ1) is 13.9. The quantitative estimate of drug-likeness (QED) is 0.715. The monoisotopic (exact) mass is 415 g/mol. The molecule has 0 bridgehead atoms. The highest BCUT2D eigenvalue weighted by molar-refractivity contribution is 7.87. The van der Waals surface area contributed by atoms with Crippen molar-refractivity contribution in [2.75, 3.05) is 12.4 Å². The number of benzene rings is 2. The second-order valence-corrected chi connectivity index (χ2v) is 9.36. The highest BCUT2D eigenvalue weighted by atomic mass is 32.2. The predicted molar refractivity (Wildman–Crippen MR) is 116 cm³/mol. The van der Waals surface area contributed by atoms with E-state index < -0.39 is 16.3 Å². The van der Waals surface area contributed by atoms with Crippen molar-refractivity contribution in [2.24, 2.45) is 0 Å². The van der Waals surface area contributed by atoms with Crippen LogP contribution in [0.15, 0.2) is 54.6 Å². The van der Waals surface area contributed by atoms with Crippen LogP contribution >= 0.6 is 0 Å². The molecule has 29 heavy (non-hydrogen) atoms. The molecule has 1 aliphatic rings. The Labute approximate surface area is 173 Å². The summed E-state index contributed by atoms with van der Waals surface area (Å²) >= 11 is 0. The molecule has 2 aromatic rings. The van der Waals surface area contributed by atoms with Gasteiger partial charge in [-0.25, -0.2) is 0 Å². The third-order valence-corrected chi connectivity index (χ3v) is 7.18. The van der Waals surface area contributed by atoms with E-state index in [9.17, 15) is 13.2 Å². The summed E-state index contributed by atoms with van der Waals surface area (Å²) in [6.45, 7) is 1.81. The third kappa shape index (κ3) is 5.65. The number of hydrogen-bond acceptors (Lipinski definition) is 3. The van der Waals surface area contributed by atoms with Crippen molar-refractivity contribution in [3.63, 3.8) is 0 Å². The number of nitrogens with zero attached hydrogens (tertiary/aromatic N) is 1. The van der Waals surface area contributed by atoms with Gasteiger partial charge in [-0.3, -0.25) is 4.79 Å². The minimum absolute atomic E-state index is 0.0601. The van der Waals surface area contributed by atoms with E-state index in [2.05, 4.69) is 10.0 Å². The first kappa shape index (κ1) is 21.5. The lowest BCUT2D eigenvalue weighted by Crippen LogP contribution is -2.45. The molecule has 6 nitrogen and oxygen atoms in total. The predicted octanol–water partition coefficient (Wildman–Crippen LogP) is 4.10. The fourth-order valence-corrected chi connectivity index (χ4v) is 5.05. The molecule has 0 aliphatic heterocycles. The van der Waals surface area contributed by atoms with Crippen LogP contribution in [0.4, 0.5) is 5.69 Å². The molecule has 7 heteroatoms. The summed E-state index contributed by atoms with van der Waals surface area (Å²) in [6, 6.07) is 15.9. The maximum atomic E-state index is 12.8. The number of hydrogen-bond donors (Lipinski definition) is 2. The van der Waals surface area contributed by atoms with Crippen molar-refractivity contribution in [1.29, 1.82) is 0 Å². The van der Waals surface area contributed by atoms with Crippen LogP contribution in [0.3, 0.4) is 0 Å². The van der Waals surface area contributed by atoms with Crippen LogP contribution in [0.2, 0.25) is 0 Å². The Bertz CT molecular complexity index is 925. The molecule has 0 aromatic heterocycles. The van der Waals surface area contributed by atoms with Gasteiger partial charge >= 0.3 is 0 Å². The van der Waals surface area contributed by atoms with E-state index in [4.69, 9.17) is 0 Å². The van der Waals surface area contributed by atoms with E-state index in [1.54, 1.807) is 31.3 Å². The molecular formula is C22H29N3O3S. The van der Waals surface area contributed by atoms with Crippen molar-refractivity contribution >= 4 is 21.8 Å². The van der Waals surface area contributed by atoms with Gasteiger partial charge in [0.05, 0.1) is 0 Å². The molecule has 1 atom stereocenters. The zero-order valence-electron chi connectivity index (χ0n) is 17.0. The number of amides is 1. The first-order valence-electron chi connectivity index (χ1n) is 10.1. The highest BCUT2D eigenvalue weighted by Crippen LogP contribution is 2.25. The van der Waals surface area contributed by atoms with Gasteiger partial charge in [0.2, 0.25) is 0 Å². The second-order valence-electron chi connectivity index (χ2n) is 7.60. The first-order valence-corrected chi connectivity index (χ1v) is 11.5. The molecule has 2 aromatic carbocycles. The second kappa shape index (κ2) is 9.52. The van der Waals surface area contributed by atoms with E-state index in [0.717, 1.165) is 31.2 Å². The minimum Gasteiger partial charge on any atom is -0.322 e. The van der Waals surface area contributed by atoms with Crippen LogP contribution in [-0.4, -0.2) is 31.7 Å². The van der Waals surface area contributed by atoms with Gasteiger partial charge in [0.1, 0.15) is 0 Å². The van der Waals surface area contributed by atoms with Gasteiger partial charge in [0.25, 0.3) is 16.1 Å². The Morgan fingerprint density at radius 1 is 1.03 bits per heavy atom. The van der Waals surface area contributed by atoms with E-state index >= 15 is 0 Å². The van der Waals surface area contributed by atoms with Crippen LogP contribution in [-0.2, 0) is 10.2 Å². The Kier molecular flexibility index (Phi) is 7.05. The van der Waals surface area contributed by atoms with Crippen LogP contribution in [0.1, 0.15) is 61.0 Å². The lowest BCUT2D eigenvalue weighted by atomic mass is 9.96. The van der Waals surface area contributed by atoms with Crippen LogP contribution < -0.4 is 10.0 Å². The van der Waals surface area contributed by atoms with Crippen molar-refractivity contribution in [3.8, 4) is 0 Å². The van der Waals surface area contributed by atoms with Gasteiger partial charge in [-0.2, -0.15) is 17.4 Å². The SMILES string of the molecule is C[C@@H](NS(=O)(=O)N(C)C1CCCCC1)c1cccc(NC(=O)c2ccccc2)c1. The molecule has 0 radical (unpaired) electrons. The van der Waals surface area contributed by atoms with Gasteiger partial charge in [0.15, 0.2) is 0 Å². The molecule has 1 saturated carbocycles. The Hall–Kier alpha value is -2.22. The Morgan fingerprint density at radius 2 is 1.72 bits per heavy atom. The van der Waals surface area contributed by atoms with Gasteiger partial charge in [-0.05, 0) is 49.6 Å². The van der Waals surface area contributed by atoms with Crippen LogP contribution in [0.25, 0.3) is 0 Å². The van der Waals surface area contributed by atoms with Gasteiger partial charge in [-0.15, -0.1) is 0 Å². The zero-order valence-corrected chi connectivity index (χ0v) is 17.8. The summed E-state index contributed by atoms with van der Waals surface area (Å²) in [4.78, 5) is 12.4. The molecule has 0 heterocycles. The van der Waals surface area contributed by atoms with Crippen LogP contribution in [0.5, 0.6) is 0 Å². The number of anilines is 1. The smallest absolute Gasteiger partial charge is 0.279 e. The average Bonchev–Trinajstić information content (AvgIpc) is 2.74. The molecule has 156 valence electrons. The largest absolute Gasteiger partial charge is 0.322 e. The molecule has 0 unspecified atom stereocenters. The van der Waals surface area contributed by atoms with Crippen molar-refractivity contribution in [2.45, 2.75) is 51.1 Å². The maximum absolute atomic E-state index is 12.8. The van der Waals surface area contributed by atoms with E-state index in [0.29, 0.717) is 11.3 Å². The standard InChI is InChI=1S/C22H29N3O3S/c1-17(24-29(27,28)25(2)21-14-7-4-8-15-21)19-12-9-13-20(16-19)23-22(26)18-10-5-3-6-11-18/h3,5-6,9-13,16-17,21,24H,4,7-8,14-15H2,1-2H3,(H,23,26)/t17-/m1/s1. The van der Waals surface area contributed by atoms with Gasteiger partial charge < -0.3 is 5.32 Å². The molecule has 1 aliphatic carbocycles. The summed E-state index contributed by atoms with van der Waals surface area (Å²) < 4.78 is 29.9. The number of rotatable bonds is 7. The molecule has 0 saturated heterocycles.